The molecular formula is C13H19BrN2OS. The van der Waals surface area contributed by atoms with Gasteiger partial charge in [0.2, 0.25) is 0 Å². The molecule has 1 rings (SSSR count). The summed E-state index contributed by atoms with van der Waals surface area (Å²) in [4.78, 5) is 11.9. The first-order chi connectivity index (χ1) is 8.65. The van der Waals surface area contributed by atoms with E-state index in [1.807, 2.05) is 11.8 Å². The Labute approximate surface area is 121 Å². The minimum atomic E-state index is -0.0703. The number of anilines is 1. The van der Waals surface area contributed by atoms with Gasteiger partial charge in [0, 0.05) is 16.7 Å². The van der Waals surface area contributed by atoms with Crippen molar-refractivity contribution in [1.82, 2.24) is 5.32 Å². The molecule has 0 radical (unpaired) electrons. The molecule has 0 bridgehead atoms. The van der Waals surface area contributed by atoms with Gasteiger partial charge in [0.1, 0.15) is 0 Å². The maximum Gasteiger partial charge on any atom is 0.252 e. The molecule has 1 aromatic rings. The van der Waals surface area contributed by atoms with Gasteiger partial charge in [-0.1, -0.05) is 6.42 Å². The fourth-order valence-corrected chi connectivity index (χ4v) is 2.48. The van der Waals surface area contributed by atoms with E-state index in [2.05, 4.69) is 27.5 Å². The van der Waals surface area contributed by atoms with Crippen molar-refractivity contribution in [2.24, 2.45) is 0 Å². The Bertz CT molecular complexity index is 399. The third kappa shape index (κ3) is 5.31. The number of halogens is 1. The molecule has 0 fully saturated rings. The van der Waals surface area contributed by atoms with Crippen LogP contribution in [0.1, 0.15) is 29.6 Å². The highest BCUT2D eigenvalue weighted by molar-refractivity contribution is 9.10. The van der Waals surface area contributed by atoms with E-state index < -0.39 is 0 Å². The standard InChI is InChI=1S/C13H19BrN2OS/c1-18-8-4-2-3-7-16-13(17)11-9-10(15)5-6-12(11)14/h5-6,9H,2-4,7-8,15H2,1H3,(H,16,17). The molecule has 0 saturated heterocycles. The van der Waals surface area contributed by atoms with E-state index in [-0.39, 0.29) is 5.91 Å². The van der Waals surface area contributed by atoms with Crippen LogP contribution in [-0.2, 0) is 0 Å². The summed E-state index contributed by atoms with van der Waals surface area (Å²) in [5.74, 6) is 1.12. The second-order valence-corrected chi connectivity index (χ2v) is 5.89. The lowest BCUT2D eigenvalue weighted by Gasteiger charge is -2.07. The summed E-state index contributed by atoms with van der Waals surface area (Å²) in [6.45, 7) is 0.717. The van der Waals surface area contributed by atoms with Gasteiger partial charge < -0.3 is 11.1 Å². The molecule has 0 saturated carbocycles. The van der Waals surface area contributed by atoms with E-state index in [9.17, 15) is 4.79 Å². The molecule has 5 heteroatoms. The van der Waals surface area contributed by atoms with Crippen LogP contribution < -0.4 is 11.1 Å². The second kappa shape index (κ2) is 8.43. The van der Waals surface area contributed by atoms with Gasteiger partial charge in [-0.15, -0.1) is 0 Å². The largest absolute Gasteiger partial charge is 0.399 e. The van der Waals surface area contributed by atoms with Crippen LogP contribution in [-0.4, -0.2) is 24.5 Å². The van der Waals surface area contributed by atoms with Crippen molar-refractivity contribution < 1.29 is 4.79 Å². The summed E-state index contributed by atoms with van der Waals surface area (Å²) in [6.07, 6.45) is 5.49. The van der Waals surface area contributed by atoms with Crippen LogP contribution in [0.5, 0.6) is 0 Å². The van der Waals surface area contributed by atoms with Crippen molar-refractivity contribution in [3.8, 4) is 0 Å². The van der Waals surface area contributed by atoms with Crippen LogP contribution in [0.15, 0.2) is 22.7 Å². The zero-order valence-electron chi connectivity index (χ0n) is 10.5. The minimum Gasteiger partial charge on any atom is -0.399 e. The average molecular weight is 331 g/mol. The van der Waals surface area contributed by atoms with E-state index in [1.54, 1.807) is 18.2 Å². The smallest absolute Gasteiger partial charge is 0.252 e. The minimum absolute atomic E-state index is 0.0703. The molecular weight excluding hydrogens is 312 g/mol. The molecule has 18 heavy (non-hydrogen) atoms. The highest BCUT2D eigenvalue weighted by atomic mass is 79.9. The van der Waals surface area contributed by atoms with Crippen LogP contribution in [0.2, 0.25) is 0 Å². The van der Waals surface area contributed by atoms with Crippen molar-refractivity contribution in [1.29, 1.82) is 0 Å². The number of carbonyl (C=O) groups excluding carboxylic acids is 1. The maximum absolute atomic E-state index is 11.9. The van der Waals surface area contributed by atoms with Crippen LogP contribution in [0.25, 0.3) is 0 Å². The van der Waals surface area contributed by atoms with Crippen molar-refractivity contribution in [2.45, 2.75) is 19.3 Å². The van der Waals surface area contributed by atoms with Crippen molar-refractivity contribution >= 4 is 39.3 Å². The fraction of sp³-hybridized carbons (Fsp3) is 0.462. The Morgan fingerprint density at radius 2 is 2.17 bits per heavy atom. The van der Waals surface area contributed by atoms with E-state index >= 15 is 0 Å². The van der Waals surface area contributed by atoms with Gasteiger partial charge in [-0.05, 0) is 59.0 Å². The molecule has 0 heterocycles. The normalized spacial score (nSPS) is 10.3. The number of rotatable bonds is 7. The number of nitrogen functional groups attached to an aromatic ring is 1. The Morgan fingerprint density at radius 1 is 1.39 bits per heavy atom. The number of hydrogen-bond donors (Lipinski definition) is 2. The number of nitrogens with two attached hydrogens (primary N) is 1. The predicted octanol–water partition coefficient (Wildman–Crippen LogP) is 3.29. The maximum atomic E-state index is 11.9. The predicted molar refractivity (Wildman–Crippen MR) is 83.1 cm³/mol. The lowest BCUT2D eigenvalue weighted by molar-refractivity contribution is 0.0952. The van der Waals surface area contributed by atoms with Crippen LogP contribution in [0, 0.1) is 0 Å². The van der Waals surface area contributed by atoms with Crippen LogP contribution in [0.4, 0.5) is 5.69 Å². The average Bonchev–Trinajstić information content (AvgIpc) is 2.36. The summed E-state index contributed by atoms with van der Waals surface area (Å²) in [5, 5.41) is 2.91. The van der Waals surface area contributed by atoms with Crippen molar-refractivity contribution in [3.05, 3.63) is 28.2 Å². The SMILES string of the molecule is CSCCCCCNC(=O)c1cc(N)ccc1Br. The first-order valence-electron chi connectivity index (χ1n) is 5.97. The van der Waals surface area contributed by atoms with E-state index in [4.69, 9.17) is 5.73 Å². The molecule has 1 aromatic carbocycles. The molecule has 1 amide bonds. The topological polar surface area (TPSA) is 55.1 Å². The monoisotopic (exact) mass is 330 g/mol. The molecule has 0 unspecified atom stereocenters. The lowest BCUT2D eigenvalue weighted by Crippen LogP contribution is -2.24. The van der Waals surface area contributed by atoms with Crippen LogP contribution in [0.3, 0.4) is 0 Å². The zero-order chi connectivity index (χ0) is 13.4. The van der Waals surface area contributed by atoms with Gasteiger partial charge in [-0.25, -0.2) is 0 Å². The van der Waals surface area contributed by atoms with Gasteiger partial charge >= 0.3 is 0 Å². The molecule has 0 aliphatic carbocycles. The van der Waals surface area contributed by atoms with Gasteiger partial charge in [0.05, 0.1) is 5.56 Å². The molecule has 0 spiro atoms. The third-order valence-corrected chi connectivity index (χ3v) is 3.93. The molecule has 0 aromatic heterocycles. The van der Waals surface area contributed by atoms with E-state index in [1.165, 1.54) is 12.2 Å². The zero-order valence-corrected chi connectivity index (χ0v) is 12.9. The second-order valence-electron chi connectivity index (χ2n) is 4.05. The molecule has 3 nitrogen and oxygen atoms in total. The fourth-order valence-electron chi connectivity index (χ4n) is 1.56. The number of carbonyl (C=O) groups is 1. The Kier molecular flexibility index (Phi) is 7.20. The number of nitrogens with one attached hydrogen (secondary N) is 1. The summed E-state index contributed by atoms with van der Waals surface area (Å²) in [6, 6.07) is 5.25. The third-order valence-electron chi connectivity index (χ3n) is 2.55. The quantitative estimate of drug-likeness (QED) is 0.595. The molecule has 3 N–H and O–H groups in total. The number of amides is 1. The van der Waals surface area contributed by atoms with Gasteiger partial charge in [-0.2, -0.15) is 11.8 Å². The molecule has 0 aliphatic rings. The Hall–Kier alpha value is -0.680. The Balaban J connectivity index is 2.34. The van der Waals surface area contributed by atoms with E-state index in [0.29, 0.717) is 17.8 Å². The summed E-state index contributed by atoms with van der Waals surface area (Å²) in [5.41, 5.74) is 6.87. The first kappa shape index (κ1) is 15.4. The van der Waals surface area contributed by atoms with Crippen molar-refractivity contribution in [2.75, 3.05) is 24.3 Å². The molecule has 0 atom stereocenters. The number of unbranched alkanes of at least 4 members (excludes halogenated alkanes) is 2. The number of thioether (sulfide) groups is 1. The highest BCUT2D eigenvalue weighted by Crippen LogP contribution is 2.19. The molecule has 100 valence electrons. The van der Waals surface area contributed by atoms with Gasteiger partial charge in [0.25, 0.3) is 5.91 Å². The van der Waals surface area contributed by atoms with Crippen LogP contribution >= 0.6 is 27.7 Å². The Morgan fingerprint density at radius 3 is 2.89 bits per heavy atom. The lowest BCUT2D eigenvalue weighted by atomic mass is 10.2. The van der Waals surface area contributed by atoms with Gasteiger partial charge in [0.15, 0.2) is 0 Å². The number of benzene rings is 1. The van der Waals surface area contributed by atoms with Crippen molar-refractivity contribution in [3.63, 3.8) is 0 Å². The first-order valence-corrected chi connectivity index (χ1v) is 8.16. The molecule has 0 aliphatic heterocycles. The number of hydrogen-bond acceptors (Lipinski definition) is 3. The summed E-state index contributed by atoms with van der Waals surface area (Å²) in [7, 11) is 0. The highest BCUT2D eigenvalue weighted by Gasteiger charge is 2.09. The summed E-state index contributed by atoms with van der Waals surface area (Å²) < 4.78 is 0.775. The van der Waals surface area contributed by atoms with E-state index in [0.717, 1.165) is 17.3 Å². The van der Waals surface area contributed by atoms with Gasteiger partial charge in [-0.3, -0.25) is 4.79 Å². The summed E-state index contributed by atoms with van der Waals surface area (Å²) >= 11 is 5.21.